The highest BCUT2D eigenvalue weighted by molar-refractivity contribution is 5.95. The fourth-order valence-corrected chi connectivity index (χ4v) is 7.68. The molecule has 6 aromatic carbocycles. The second kappa shape index (κ2) is 27.7. The van der Waals surface area contributed by atoms with Gasteiger partial charge in [-0.2, -0.15) is 8.78 Å². The van der Waals surface area contributed by atoms with Gasteiger partial charge in [0.05, 0.1) is 83.0 Å². The highest BCUT2D eigenvalue weighted by Gasteiger charge is 2.32. The molecule has 0 fully saturated rings. The largest absolute Gasteiger partial charge is 0.573 e. The average molecular weight is 1110 g/mol. The average Bonchev–Trinajstić information content (AvgIpc) is 4.29. The number of hydrogen-bond donors (Lipinski definition) is 3. The van der Waals surface area contributed by atoms with Gasteiger partial charge in [-0.15, -0.1) is 13.2 Å². The van der Waals surface area contributed by atoms with Crippen molar-refractivity contribution in [2.24, 2.45) is 0 Å². The lowest BCUT2D eigenvalue weighted by Gasteiger charge is -2.13. The fraction of sp³-hybridized carbons (Fsp3) is 0.158. The molecule has 3 amide bonds. The molecule has 0 aliphatic carbocycles. The molecule has 0 atom stereocenters. The van der Waals surface area contributed by atoms with E-state index in [0.717, 1.165) is 17.2 Å². The monoisotopic (exact) mass is 1100 g/mol. The van der Waals surface area contributed by atoms with Gasteiger partial charge in [-0.1, -0.05) is 54.6 Å². The maximum atomic E-state index is 12.5. The normalized spacial score (nSPS) is 10.7. The highest BCUT2D eigenvalue weighted by atomic mass is 19.4. The van der Waals surface area contributed by atoms with Crippen molar-refractivity contribution in [3.8, 4) is 68.5 Å². The Morgan fingerprint density at radius 3 is 1.11 bits per heavy atom. The number of hydrogen-bond acceptors (Lipinski definition) is 15. The quantitative estimate of drug-likeness (QED) is 0.0641. The van der Waals surface area contributed by atoms with Crippen LogP contribution in [0.25, 0.3) is 34.0 Å². The third-order valence-corrected chi connectivity index (χ3v) is 11.2. The van der Waals surface area contributed by atoms with Crippen molar-refractivity contribution in [2.45, 2.75) is 32.2 Å². The molecule has 3 N–H and O–H groups in total. The van der Waals surface area contributed by atoms with Crippen LogP contribution in [-0.4, -0.2) is 74.1 Å². The number of anilines is 3. The number of oxazole rings is 3. The van der Waals surface area contributed by atoms with Crippen LogP contribution in [0.3, 0.4) is 0 Å². The number of ether oxygens (including phenoxy) is 6. The van der Waals surface area contributed by atoms with Crippen LogP contribution in [0.4, 0.5) is 39.0 Å². The first-order chi connectivity index (χ1) is 38.6. The van der Waals surface area contributed by atoms with Crippen LogP contribution in [0, 0.1) is 0 Å². The Labute approximate surface area is 453 Å². The Morgan fingerprint density at radius 2 is 0.787 bits per heavy atom. The molecule has 9 rings (SSSR count). The second-order valence-electron chi connectivity index (χ2n) is 16.5. The lowest BCUT2D eigenvalue weighted by molar-refractivity contribution is -0.274. The lowest BCUT2D eigenvalue weighted by atomic mass is 10.1. The zero-order valence-corrected chi connectivity index (χ0v) is 42.9. The van der Waals surface area contributed by atoms with Gasteiger partial charge in [-0.25, -0.2) is 15.0 Å². The summed E-state index contributed by atoms with van der Waals surface area (Å²) in [6.07, 6.45) is 3.60. The number of methoxy groups -OCH3 is 4. The summed E-state index contributed by atoms with van der Waals surface area (Å²) in [6.45, 7) is -2.96. The van der Waals surface area contributed by atoms with Crippen molar-refractivity contribution < 1.29 is 78.0 Å². The maximum absolute atomic E-state index is 12.5. The van der Waals surface area contributed by atoms with Crippen LogP contribution >= 0.6 is 0 Å². The molecule has 0 bridgehead atoms. The number of nitrogens with one attached hydrogen (secondary N) is 3. The summed E-state index contributed by atoms with van der Waals surface area (Å²) < 4.78 is 108. The number of aromatic nitrogens is 3. The molecule has 3 heterocycles. The first kappa shape index (κ1) is 57.5. The van der Waals surface area contributed by atoms with Crippen LogP contribution < -0.4 is 44.4 Å². The summed E-state index contributed by atoms with van der Waals surface area (Å²) in [4.78, 5) is 48.5. The molecule has 9 aromatic rings. The zero-order chi connectivity index (χ0) is 57.0. The van der Waals surface area contributed by atoms with Gasteiger partial charge in [0.25, 0.3) is 0 Å². The molecule has 0 aliphatic heterocycles. The Hall–Kier alpha value is -10.2. The molecule has 23 heteroatoms. The van der Waals surface area contributed by atoms with Gasteiger partial charge in [0.1, 0.15) is 34.5 Å². The third kappa shape index (κ3) is 16.4. The van der Waals surface area contributed by atoms with Gasteiger partial charge in [0, 0.05) is 52.0 Å². The summed E-state index contributed by atoms with van der Waals surface area (Å²) in [6, 6.07) is 34.4. The molecule has 18 nitrogen and oxygen atoms in total. The molecule has 0 saturated heterocycles. The molecule has 414 valence electrons. The minimum atomic E-state index is -4.84. The van der Waals surface area contributed by atoms with Crippen LogP contribution in [0.2, 0.25) is 0 Å². The van der Waals surface area contributed by atoms with E-state index in [0.29, 0.717) is 74.0 Å². The van der Waals surface area contributed by atoms with E-state index in [1.54, 1.807) is 93.3 Å². The van der Waals surface area contributed by atoms with Crippen LogP contribution in [0.15, 0.2) is 178 Å². The number of para-hydroxylation sites is 3. The maximum Gasteiger partial charge on any atom is 0.573 e. The molecule has 0 aliphatic rings. The number of carbonyl (C=O) groups excluding carboxylic acids is 3. The highest BCUT2D eigenvalue weighted by Crippen LogP contribution is 2.36. The first-order valence-corrected chi connectivity index (χ1v) is 23.7. The molecule has 0 saturated carbocycles. The number of nitrogens with zero attached hydrogens (tertiary/aromatic N) is 3. The van der Waals surface area contributed by atoms with Crippen LogP contribution in [0.1, 0.15) is 16.7 Å². The van der Waals surface area contributed by atoms with Crippen LogP contribution in [0.5, 0.6) is 34.5 Å². The molecule has 0 unspecified atom stereocenters. The molecular weight excluding hydrogens is 1060 g/mol. The molecule has 0 radical (unpaired) electrons. The van der Waals surface area contributed by atoms with Crippen molar-refractivity contribution in [1.29, 1.82) is 0 Å². The molecule has 3 aromatic heterocycles. The predicted octanol–water partition coefficient (Wildman–Crippen LogP) is 12.1. The van der Waals surface area contributed by atoms with Crippen molar-refractivity contribution >= 4 is 34.8 Å². The number of halogens is 5. The lowest BCUT2D eigenvalue weighted by Crippen LogP contribution is -2.20. The van der Waals surface area contributed by atoms with E-state index in [1.165, 1.54) is 63.9 Å². The van der Waals surface area contributed by atoms with Gasteiger partial charge in [-0.3, -0.25) is 14.4 Å². The third-order valence-electron chi connectivity index (χ3n) is 11.2. The van der Waals surface area contributed by atoms with E-state index in [2.05, 4.69) is 40.4 Å². The van der Waals surface area contributed by atoms with Crippen molar-refractivity contribution in [1.82, 2.24) is 15.0 Å². The van der Waals surface area contributed by atoms with E-state index >= 15 is 0 Å². The van der Waals surface area contributed by atoms with Gasteiger partial charge >= 0.3 is 13.0 Å². The standard InChI is InChI=1S/C19H15F3N2O4.C19H16F2N2O4.C19H18N2O4/c1-26-16-9-13(6-7-14(16)17-10-23-11-27-17)24-18(25)8-12-4-2-3-5-15(12)28-19(20,21)22;1-25-16-9-13(6-7-14(16)17-10-22-11-26-17)23-18(24)8-12-4-2-3-5-15(12)27-19(20)21;1-23-16-6-4-3-5-13(16)9-19(22)21-14-7-8-15(17(10-14)24-2)18-11-20-12-25-18/h2-7,9-11H,8H2,1H3,(H,24,25);2-7,9-11,19H,8H2,1H3,(H,23,24);3-8,10-12H,9H2,1-2H3,(H,21,22). The van der Waals surface area contributed by atoms with Gasteiger partial charge in [-0.05, 0) is 54.6 Å². The summed E-state index contributed by atoms with van der Waals surface area (Å²) in [5.74, 6) is 2.37. The van der Waals surface area contributed by atoms with E-state index in [9.17, 15) is 36.3 Å². The second-order valence-corrected chi connectivity index (χ2v) is 16.5. The predicted molar refractivity (Wildman–Crippen MR) is 282 cm³/mol. The molecule has 0 spiro atoms. The van der Waals surface area contributed by atoms with E-state index in [1.807, 2.05) is 30.3 Å². The number of benzene rings is 6. The van der Waals surface area contributed by atoms with Crippen LogP contribution in [-0.2, 0) is 33.6 Å². The topological polar surface area (TPSA) is 221 Å². The summed E-state index contributed by atoms with van der Waals surface area (Å²) in [7, 11) is 6.11. The molecule has 80 heavy (non-hydrogen) atoms. The Balaban J connectivity index is 0.000000174. The smallest absolute Gasteiger partial charge is 0.496 e. The van der Waals surface area contributed by atoms with E-state index in [4.69, 9.17) is 32.2 Å². The minimum absolute atomic E-state index is 0.0269. The number of carbonyl (C=O) groups is 3. The van der Waals surface area contributed by atoms with Crippen molar-refractivity contribution in [3.63, 3.8) is 0 Å². The van der Waals surface area contributed by atoms with Crippen molar-refractivity contribution in [2.75, 3.05) is 44.4 Å². The summed E-state index contributed by atoms with van der Waals surface area (Å²) in [5, 5.41) is 8.20. The van der Waals surface area contributed by atoms with E-state index < -0.39 is 24.6 Å². The fourth-order valence-electron chi connectivity index (χ4n) is 7.68. The SMILES string of the molecule is COc1cc(NC(=O)Cc2ccccc2OC(F)(F)F)ccc1-c1cnco1.COc1cc(NC(=O)Cc2ccccc2OC(F)F)ccc1-c1cnco1.COc1ccccc1CC(=O)Nc1ccc(-c2cnco2)c(OC)c1. The number of amides is 3. The Kier molecular flexibility index (Phi) is 19.9. The zero-order valence-electron chi connectivity index (χ0n) is 42.9. The minimum Gasteiger partial charge on any atom is -0.496 e. The van der Waals surface area contributed by atoms with Gasteiger partial charge in [0.15, 0.2) is 36.5 Å². The summed E-state index contributed by atoms with van der Waals surface area (Å²) >= 11 is 0. The summed E-state index contributed by atoms with van der Waals surface area (Å²) in [5.41, 5.74) is 4.94. The Morgan fingerprint density at radius 1 is 0.463 bits per heavy atom. The number of alkyl halides is 5. The number of rotatable bonds is 19. The first-order valence-electron chi connectivity index (χ1n) is 23.7. The Bertz CT molecular complexity index is 3450. The molecular formula is C57H49F5N6O12. The van der Waals surface area contributed by atoms with E-state index in [-0.39, 0.29) is 42.4 Å². The van der Waals surface area contributed by atoms with Gasteiger partial charge < -0.3 is 57.6 Å². The van der Waals surface area contributed by atoms with Gasteiger partial charge in [0.2, 0.25) is 17.7 Å². The van der Waals surface area contributed by atoms with Crippen molar-refractivity contribution in [3.05, 3.63) is 182 Å².